The van der Waals surface area contributed by atoms with Crippen molar-refractivity contribution in [3.63, 3.8) is 0 Å². The predicted molar refractivity (Wildman–Crippen MR) is 106 cm³/mol. The molecule has 0 saturated heterocycles. The van der Waals surface area contributed by atoms with Gasteiger partial charge >= 0.3 is 0 Å². The minimum atomic E-state index is 0.463. The minimum Gasteiger partial charge on any atom is -0.361 e. The number of fused-ring (bicyclic) bond motifs is 3. The van der Waals surface area contributed by atoms with E-state index in [1.807, 2.05) is 6.92 Å². The fourth-order valence-corrected chi connectivity index (χ4v) is 5.06. The zero-order chi connectivity index (χ0) is 18.4. The lowest BCUT2D eigenvalue weighted by molar-refractivity contribution is 0.347. The van der Waals surface area contributed by atoms with E-state index >= 15 is 0 Å². The highest BCUT2D eigenvalue weighted by atomic mass is 79.9. The van der Waals surface area contributed by atoms with Crippen LogP contribution in [0.1, 0.15) is 72.6 Å². The molecule has 0 spiro atoms. The van der Waals surface area contributed by atoms with Gasteiger partial charge in [0.05, 0.1) is 11.4 Å². The molecular formula is C21H23BrN4O. The number of hydrogen-bond acceptors (Lipinski definition) is 4. The topological polar surface area (TPSA) is 56.7 Å². The quantitative estimate of drug-likeness (QED) is 0.560. The van der Waals surface area contributed by atoms with E-state index in [4.69, 9.17) is 4.52 Å². The van der Waals surface area contributed by atoms with E-state index in [0.29, 0.717) is 11.8 Å². The summed E-state index contributed by atoms with van der Waals surface area (Å²) in [5, 5.41) is 13.5. The summed E-state index contributed by atoms with van der Waals surface area (Å²) in [6.07, 6.45) is 7.72. The Morgan fingerprint density at radius 3 is 2.63 bits per heavy atom. The Morgan fingerprint density at radius 2 is 1.85 bits per heavy atom. The van der Waals surface area contributed by atoms with Crippen LogP contribution in [0.25, 0.3) is 5.69 Å². The van der Waals surface area contributed by atoms with Gasteiger partial charge in [0.2, 0.25) is 0 Å². The van der Waals surface area contributed by atoms with E-state index in [0.717, 1.165) is 72.5 Å². The molecule has 3 aromatic rings. The lowest BCUT2D eigenvalue weighted by atomic mass is 9.80. The van der Waals surface area contributed by atoms with Crippen molar-refractivity contribution < 1.29 is 4.52 Å². The van der Waals surface area contributed by atoms with E-state index in [1.165, 1.54) is 11.3 Å². The molecule has 1 aliphatic heterocycles. The number of hydrogen-bond donors (Lipinski definition) is 0. The van der Waals surface area contributed by atoms with Crippen LogP contribution >= 0.6 is 15.9 Å². The zero-order valence-electron chi connectivity index (χ0n) is 15.5. The second-order valence-electron chi connectivity index (χ2n) is 7.85. The molecule has 0 unspecified atom stereocenters. The zero-order valence-corrected chi connectivity index (χ0v) is 17.1. The van der Waals surface area contributed by atoms with Crippen LogP contribution in [-0.4, -0.2) is 19.9 Å². The Labute approximate surface area is 167 Å². The molecule has 1 fully saturated rings. The lowest BCUT2D eigenvalue weighted by Gasteiger charge is -2.27. The van der Waals surface area contributed by atoms with E-state index in [-0.39, 0.29) is 0 Å². The molecule has 2 aliphatic rings. The average Bonchev–Trinajstić information content (AvgIpc) is 3.25. The van der Waals surface area contributed by atoms with Crippen LogP contribution in [0.3, 0.4) is 0 Å². The Kier molecular flexibility index (Phi) is 4.38. The first-order valence-electron chi connectivity index (χ1n) is 9.85. The molecule has 6 heteroatoms. The Bertz CT molecular complexity index is 968. The molecule has 2 aromatic heterocycles. The molecule has 0 amide bonds. The number of aryl methyl sites for hydroxylation is 3. The van der Waals surface area contributed by atoms with Gasteiger partial charge in [0.1, 0.15) is 17.4 Å². The molecule has 5 rings (SSSR count). The molecule has 1 aromatic carbocycles. The highest BCUT2D eigenvalue weighted by molar-refractivity contribution is 9.10. The number of halogens is 1. The van der Waals surface area contributed by atoms with Crippen LogP contribution in [0, 0.1) is 6.92 Å². The lowest BCUT2D eigenvalue weighted by Crippen LogP contribution is -2.17. The maximum atomic E-state index is 5.27. The van der Waals surface area contributed by atoms with Crippen LogP contribution in [0.5, 0.6) is 0 Å². The number of benzene rings is 1. The van der Waals surface area contributed by atoms with Gasteiger partial charge in [-0.25, -0.2) is 0 Å². The smallest absolute Gasteiger partial charge is 0.140 e. The van der Waals surface area contributed by atoms with Gasteiger partial charge in [-0.15, -0.1) is 10.2 Å². The SMILES string of the molecule is Cc1cc(C2CCC(c3nnc4n3-c3ccc(Br)cc3CCC4)CC2)no1. The van der Waals surface area contributed by atoms with Crippen LogP contribution in [-0.2, 0) is 12.8 Å². The molecule has 0 radical (unpaired) electrons. The number of aromatic nitrogens is 4. The van der Waals surface area contributed by atoms with Gasteiger partial charge < -0.3 is 4.52 Å². The summed E-state index contributed by atoms with van der Waals surface area (Å²) in [6.45, 7) is 1.96. The van der Waals surface area contributed by atoms with Crippen molar-refractivity contribution in [2.24, 2.45) is 0 Å². The summed E-state index contributed by atoms with van der Waals surface area (Å²) in [6, 6.07) is 8.67. The molecule has 27 heavy (non-hydrogen) atoms. The fraction of sp³-hybridized carbons (Fsp3) is 0.476. The van der Waals surface area contributed by atoms with Crippen LogP contribution < -0.4 is 0 Å². The molecule has 3 heterocycles. The van der Waals surface area contributed by atoms with Crippen molar-refractivity contribution in [3.05, 3.63) is 57.4 Å². The van der Waals surface area contributed by atoms with Crippen molar-refractivity contribution in [1.82, 2.24) is 19.9 Å². The Balaban J connectivity index is 1.43. The molecule has 1 aliphatic carbocycles. The van der Waals surface area contributed by atoms with Crippen LogP contribution in [0.15, 0.2) is 33.3 Å². The highest BCUT2D eigenvalue weighted by Crippen LogP contribution is 2.41. The standard InChI is InChI=1S/C21H23BrN4O/c1-13-11-18(25-27-13)14-5-7-15(8-6-14)21-24-23-20-4-2-3-16-12-17(22)9-10-19(16)26(20)21/h9-12,14-15H,2-8H2,1H3. The second kappa shape index (κ2) is 6.89. The van der Waals surface area contributed by atoms with Gasteiger partial charge in [-0.2, -0.15) is 0 Å². The van der Waals surface area contributed by atoms with E-state index < -0.39 is 0 Å². The predicted octanol–water partition coefficient (Wildman–Crippen LogP) is 5.26. The Morgan fingerprint density at radius 1 is 1.04 bits per heavy atom. The number of rotatable bonds is 2. The van der Waals surface area contributed by atoms with Crippen LogP contribution in [0.4, 0.5) is 0 Å². The van der Waals surface area contributed by atoms with Crippen molar-refractivity contribution in [2.75, 3.05) is 0 Å². The maximum absolute atomic E-state index is 5.27. The summed E-state index contributed by atoms with van der Waals surface area (Å²) in [4.78, 5) is 0. The third-order valence-electron chi connectivity index (χ3n) is 6.04. The molecule has 5 nitrogen and oxygen atoms in total. The molecular weight excluding hydrogens is 404 g/mol. The molecule has 1 saturated carbocycles. The van der Waals surface area contributed by atoms with Gasteiger partial charge in [-0.3, -0.25) is 4.57 Å². The van der Waals surface area contributed by atoms with E-state index in [2.05, 4.69) is 60.1 Å². The monoisotopic (exact) mass is 426 g/mol. The largest absolute Gasteiger partial charge is 0.361 e. The first-order valence-corrected chi connectivity index (χ1v) is 10.6. The maximum Gasteiger partial charge on any atom is 0.140 e. The van der Waals surface area contributed by atoms with Crippen molar-refractivity contribution >= 4 is 15.9 Å². The average molecular weight is 427 g/mol. The number of nitrogens with zero attached hydrogens (tertiary/aromatic N) is 4. The van der Waals surface area contributed by atoms with Gasteiger partial charge in [-0.05, 0) is 69.2 Å². The third kappa shape index (κ3) is 3.14. The van der Waals surface area contributed by atoms with Crippen molar-refractivity contribution in [1.29, 1.82) is 0 Å². The minimum absolute atomic E-state index is 0.463. The van der Waals surface area contributed by atoms with E-state index in [9.17, 15) is 0 Å². The normalized spacial score (nSPS) is 22.1. The van der Waals surface area contributed by atoms with Crippen molar-refractivity contribution in [3.8, 4) is 5.69 Å². The molecule has 0 bridgehead atoms. The second-order valence-corrected chi connectivity index (χ2v) is 8.76. The fourth-order valence-electron chi connectivity index (χ4n) is 4.65. The summed E-state index contributed by atoms with van der Waals surface area (Å²) in [5.41, 5.74) is 3.76. The summed E-state index contributed by atoms with van der Waals surface area (Å²) < 4.78 is 8.76. The van der Waals surface area contributed by atoms with Gasteiger partial charge in [-0.1, -0.05) is 21.1 Å². The molecule has 140 valence electrons. The van der Waals surface area contributed by atoms with Gasteiger partial charge in [0.25, 0.3) is 0 Å². The first-order chi connectivity index (χ1) is 13.2. The van der Waals surface area contributed by atoms with Crippen LogP contribution in [0.2, 0.25) is 0 Å². The molecule has 0 atom stereocenters. The van der Waals surface area contributed by atoms with E-state index in [1.54, 1.807) is 0 Å². The Hall–Kier alpha value is -1.95. The van der Waals surface area contributed by atoms with Gasteiger partial charge in [0, 0.05) is 28.8 Å². The summed E-state index contributed by atoms with van der Waals surface area (Å²) in [5.74, 6) is 4.13. The summed E-state index contributed by atoms with van der Waals surface area (Å²) in [7, 11) is 0. The molecule has 0 N–H and O–H groups in total. The van der Waals surface area contributed by atoms with Gasteiger partial charge in [0.15, 0.2) is 0 Å². The highest BCUT2D eigenvalue weighted by Gasteiger charge is 2.30. The first kappa shape index (κ1) is 17.2. The third-order valence-corrected chi connectivity index (χ3v) is 6.53. The summed E-state index contributed by atoms with van der Waals surface area (Å²) >= 11 is 3.62. The van der Waals surface area contributed by atoms with Crippen molar-refractivity contribution in [2.45, 2.75) is 63.7 Å².